The third kappa shape index (κ3) is 4.09. The molecule has 1 saturated heterocycles. The van der Waals surface area contributed by atoms with E-state index < -0.39 is 17.4 Å². The van der Waals surface area contributed by atoms with Crippen LogP contribution in [0.15, 0.2) is 30.3 Å². The summed E-state index contributed by atoms with van der Waals surface area (Å²) in [5.74, 6) is -1.23. The highest BCUT2D eigenvalue weighted by molar-refractivity contribution is 5.82. The SMILES string of the molecule is CC(=O)N[C@@H](CC(=O)N1CC[C@@](C)(C(=O)O)C1)c1ccccc1. The van der Waals surface area contributed by atoms with E-state index >= 15 is 0 Å². The molecule has 2 amide bonds. The quantitative estimate of drug-likeness (QED) is 0.863. The minimum Gasteiger partial charge on any atom is -0.481 e. The lowest BCUT2D eigenvalue weighted by Gasteiger charge is -2.23. The van der Waals surface area contributed by atoms with E-state index in [1.807, 2.05) is 30.3 Å². The lowest BCUT2D eigenvalue weighted by atomic mass is 9.90. The van der Waals surface area contributed by atoms with Gasteiger partial charge in [-0.25, -0.2) is 0 Å². The number of rotatable bonds is 5. The summed E-state index contributed by atoms with van der Waals surface area (Å²) in [7, 11) is 0. The number of likely N-dealkylation sites (tertiary alicyclic amines) is 1. The van der Waals surface area contributed by atoms with Gasteiger partial charge < -0.3 is 15.3 Å². The van der Waals surface area contributed by atoms with Crippen molar-refractivity contribution in [2.24, 2.45) is 5.41 Å². The Balaban J connectivity index is 2.07. The largest absolute Gasteiger partial charge is 0.481 e. The molecule has 23 heavy (non-hydrogen) atoms. The second kappa shape index (κ2) is 6.81. The Morgan fingerprint density at radius 3 is 2.48 bits per heavy atom. The van der Waals surface area contributed by atoms with Crippen LogP contribution in [0.3, 0.4) is 0 Å². The lowest BCUT2D eigenvalue weighted by Crippen LogP contribution is -2.37. The topological polar surface area (TPSA) is 86.7 Å². The van der Waals surface area contributed by atoms with Gasteiger partial charge in [-0.15, -0.1) is 0 Å². The van der Waals surface area contributed by atoms with Crippen LogP contribution in [0.25, 0.3) is 0 Å². The van der Waals surface area contributed by atoms with Crippen molar-refractivity contribution in [2.45, 2.75) is 32.7 Å². The van der Waals surface area contributed by atoms with Gasteiger partial charge in [-0.05, 0) is 18.9 Å². The molecule has 1 fully saturated rings. The van der Waals surface area contributed by atoms with Crippen molar-refractivity contribution in [2.75, 3.05) is 13.1 Å². The molecule has 0 saturated carbocycles. The van der Waals surface area contributed by atoms with E-state index in [9.17, 15) is 19.5 Å². The summed E-state index contributed by atoms with van der Waals surface area (Å²) in [4.78, 5) is 36.8. The predicted molar refractivity (Wildman–Crippen MR) is 84.6 cm³/mol. The van der Waals surface area contributed by atoms with E-state index in [1.54, 1.807) is 11.8 Å². The van der Waals surface area contributed by atoms with Crippen LogP contribution in [0.4, 0.5) is 0 Å². The highest BCUT2D eigenvalue weighted by atomic mass is 16.4. The summed E-state index contributed by atoms with van der Waals surface area (Å²) < 4.78 is 0. The van der Waals surface area contributed by atoms with Crippen molar-refractivity contribution < 1.29 is 19.5 Å². The Bertz CT molecular complexity index is 602. The van der Waals surface area contributed by atoms with Gasteiger partial charge in [0.15, 0.2) is 0 Å². The van der Waals surface area contributed by atoms with Gasteiger partial charge >= 0.3 is 5.97 Å². The molecule has 0 aliphatic carbocycles. The summed E-state index contributed by atoms with van der Waals surface area (Å²) in [5.41, 5.74) is -0.0254. The van der Waals surface area contributed by atoms with Gasteiger partial charge in [-0.3, -0.25) is 14.4 Å². The Labute approximate surface area is 135 Å². The molecular formula is C17H22N2O4. The van der Waals surface area contributed by atoms with Crippen LogP contribution in [0.5, 0.6) is 0 Å². The number of carboxylic acids is 1. The van der Waals surface area contributed by atoms with Crippen LogP contribution in [-0.2, 0) is 14.4 Å². The Hall–Kier alpha value is -2.37. The molecule has 1 aliphatic rings. The first-order valence-corrected chi connectivity index (χ1v) is 7.65. The third-order valence-corrected chi connectivity index (χ3v) is 4.30. The molecule has 1 aliphatic heterocycles. The standard InChI is InChI=1S/C17H22N2O4/c1-12(20)18-14(13-6-4-3-5-7-13)10-15(21)19-9-8-17(2,11-19)16(22)23/h3-7,14H,8-11H2,1-2H3,(H,18,20)(H,22,23)/t14-,17+/m0/s1. The molecule has 0 aromatic heterocycles. The fraction of sp³-hybridized carbons (Fsp3) is 0.471. The van der Waals surface area contributed by atoms with Crippen LogP contribution in [0.1, 0.15) is 38.3 Å². The summed E-state index contributed by atoms with van der Waals surface area (Å²) in [6.07, 6.45) is 0.573. The number of carbonyl (C=O) groups is 3. The lowest BCUT2D eigenvalue weighted by molar-refractivity contribution is -0.147. The first kappa shape index (κ1) is 17.0. The van der Waals surface area contributed by atoms with E-state index in [0.29, 0.717) is 13.0 Å². The van der Waals surface area contributed by atoms with Crippen molar-refractivity contribution in [3.05, 3.63) is 35.9 Å². The number of hydrogen-bond donors (Lipinski definition) is 2. The average molecular weight is 318 g/mol. The van der Waals surface area contributed by atoms with Crippen molar-refractivity contribution >= 4 is 17.8 Å². The van der Waals surface area contributed by atoms with Gasteiger partial charge in [-0.1, -0.05) is 30.3 Å². The molecule has 0 bridgehead atoms. The summed E-state index contributed by atoms with van der Waals surface area (Å²) >= 11 is 0. The summed E-state index contributed by atoms with van der Waals surface area (Å²) in [6, 6.07) is 8.89. The second-order valence-electron chi connectivity index (χ2n) is 6.30. The molecule has 2 rings (SSSR count). The highest BCUT2D eigenvalue weighted by Gasteiger charge is 2.42. The molecule has 6 nitrogen and oxygen atoms in total. The van der Waals surface area contributed by atoms with Crippen molar-refractivity contribution in [1.29, 1.82) is 0 Å². The number of benzene rings is 1. The molecule has 2 N–H and O–H groups in total. The van der Waals surface area contributed by atoms with Gasteiger partial charge in [0.2, 0.25) is 11.8 Å². The fourth-order valence-corrected chi connectivity index (χ4v) is 2.84. The Morgan fingerprint density at radius 2 is 1.96 bits per heavy atom. The zero-order valence-electron chi connectivity index (χ0n) is 13.4. The van der Waals surface area contributed by atoms with Gasteiger partial charge in [-0.2, -0.15) is 0 Å². The van der Waals surface area contributed by atoms with Crippen LogP contribution >= 0.6 is 0 Å². The van der Waals surface area contributed by atoms with E-state index in [0.717, 1.165) is 5.56 Å². The zero-order valence-corrected chi connectivity index (χ0v) is 13.4. The van der Waals surface area contributed by atoms with Crippen molar-refractivity contribution in [3.63, 3.8) is 0 Å². The maximum atomic E-state index is 12.5. The predicted octanol–water partition coefficient (Wildman–Crippen LogP) is 1.58. The molecule has 0 spiro atoms. The number of nitrogens with one attached hydrogen (secondary N) is 1. The molecule has 0 unspecified atom stereocenters. The Kier molecular flexibility index (Phi) is 5.03. The molecule has 2 atom stereocenters. The first-order valence-electron chi connectivity index (χ1n) is 7.65. The second-order valence-corrected chi connectivity index (χ2v) is 6.30. The smallest absolute Gasteiger partial charge is 0.311 e. The molecule has 1 heterocycles. The third-order valence-electron chi connectivity index (χ3n) is 4.30. The number of nitrogens with zero attached hydrogens (tertiary/aromatic N) is 1. The van der Waals surface area contributed by atoms with E-state index in [2.05, 4.69) is 5.32 Å². The molecule has 0 radical (unpaired) electrons. The number of carboxylic acid groups (broad SMARTS) is 1. The number of carbonyl (C=O) groups excluding carboxylic acids is 2. The maximum Gasteiger partial charge on any atom is 0.311 e. The van der Waals surface area contributed by atoms with Crippen LogP contribution in [-0.4, -0.2) is 40.9 Å². The van der Waals surface area contributed by atoms with Crippen molar-refractivity contribution in [3.8, 4) is 0 Å². The van der Waals surface area contributed by atoms with Gasteiger partial charge in [0, 0.05) is 20.0 Å². The van der Waals surface area contributed by atoms with Gasteiger partial charge in [0.05, 0.1) is 17.9 Å². The van der Waals surface area contributed by atoms with E-state index in [-0.39, 0.29) is 24.8 Å². The maximum absolute atomic E-state index is 12.5. The number of aliphatic carboxylic acids is 1. The molecule has 1 aromatic carbocycles. The molecular weight excluding hydrogens is 296 g/mol. The minimum absolute atomic E-state index is 0.124. The van der Waals surface area contributed by atoms with Gasteiger partial charge in [0.1, 0.15) is 0 Å². The van der Waals surface area contributed by atoms with E-state index in [4.69, 9.17) is 0 Å². The fourth-order valence-electron chi connectivity index (χ4n) is 2.84. The summed E-state index contributed by atoms with van der Waals surface area (Å²) in [6.45, 7) is 3.72. The van der Waals surface area contributed by atoms with Crippen LogP contribution in [0, 0.1) is 5.41 Å². The molecule has 1 aromatic rings. The average Bonchev–Trinajstić information content (AvgIpc) is 2.91. The monoisotopic (exact) mass is 318 g/mol. The summed E-state index contributed by atoms with van der Waals surface area (Å²) in [5, 5.41) is 12.0. The molecule has 124 valence electrons. The van der Waals surface area contributed by atoms with Crippen LogP contribution < -0.4 is 5.32 Å². The van der Waals surface area contributed by atoms with Crippen LogP contribution in [0.2, 0.25) is 0 Å². The van der Waals surface area contributed by atoms with Crippen molar-refractivity contribution in [1.82, 2.24) is 10.2 Å². The Morgan fingerprint density at radius 1 is 1.30 bits per heavy atom. The highest BCUT2D eigenvalue weighted by Crippen LogP contribution is 2.31. The zero-order chi connectivity index (χ0) is 17.0. The number of amides is 2. The number of hydrogen-bond acceptors (Lipinski definition) is 3. The normalized spacial score (nSPS) is 21.7. The molecule has 6 heteroatoms. The van der Waals surface area contributed by atoms with Gasteiger partial charge in [0.25, 0.3) is 0 Å². The first-order chi connectivity index (χ1) is 10.8. The minimum atomic E-state index is -0.883. The van der Waals surface area contributed by atoms with E-state index in [1.165, 1.54) is 6.92 Å².